The minimum absolute atomic E-state index is 0.330. The average Bonchev–Trinajstić information content (AvgIpc) is 2.52. The molecular weight excluding hydrogens is 308 g/mol. The number of carbonyl (C=O) groups excluding carboxylic acids is 2. The molecule has 1 aromatic rings. The van der Waals surface area contributed by atoms with Crippen molar-refractivity contribution in [2.45, 2.75) is 58.2 Å². The van der Waals surface area contributed by atoms with Gasteiger partial charge in [0.1, 0.15) is 11.6 Å². The number of aromatic nitrogens is 1. The molecule has 0 radical (unpaired) electrons. The molecule has 0 aromatic carbocycles. The molecule has 24 heavy (non-hydrogen) atoms. The standard InChI is InChI=1S/C18H26N2O4/c1-18(2,3)24-16(21)13-23-17(22)15-9-5-7-11-20(15)12-14-8-4-6-10-19-14/h4,6,8,10,15H,5,7,9,11-13H2,1-3H3. The third kappa shape index (κ3) is 5.92. The van der Waals surface area contributed by atoms with E-state index in [1.54, 1.807) is 27.0 Å². The lowest BCUT2D eigenvalue weighted by Gasteiger charge is -2.33. The number of pyridine rings is 1. The highest BCUT2D eigenvalue weighted by molar-refractivity contribution is 5.80. The normalized spacial score (nSPS) is 18.9. The first-order chi connectivity index (χ1) is 11.3. The number of carbonyl (C=O) groups is 2. The van der Waals surface area contributed by atoms with E-state index in [0.717, 1.165) is 31.5 Å². The first-order valence-electron chi connectivity index (χ1n) is 8.37. The molecule has 6 heteroatoms. The van der Waals surface area contributed by atoms with Gasteiger partial charge in [0.05, 0.1) is 5.69 Å². The maximum atomic E-state index is 12.4. The average molecular weight is 334 g/mol. The zero-order chi connectivity index (χ0) is 17.6. The molecule has 6 nitrogen and oxygen atoms in total. The number of rotatable bonds is 5. The fraction of sp³-hybridized carbons (Fsp3) is 0.611. The van der Waals surface area contributed by atoms with Gasteiger partial charge in [-0.2, -0.15) is 0 Å². The summed E-state index contributed by atoms with van der Waals surface area (Å²) in [4.78, 5) is 30.5. The Morgan fingerprint density at radius 1 is 1.29 bits per heavy atom. The number of hydrogen-bond donors (Lipinski definition) is 0. The molecule has 132 valence electrons. The lowest BCUT2D eigenvalue weighted by molar-refractivity contribution is -0.169. The molecule has 1 fully saturated rings. The molecule has 1 aromatic heterocycles. The van der Waals surface area contributed by atoms with Crippen LogP contribution in [0.4, 0.5) is 0 Å². The summed E-state index contributed by atoms with van der Waals surface area (Å²) in [7, 11) is 0. The summed E-state index contributed by atoms with van der Waals surface area (Å²) < 4.78 is 10.3. The number of esters is 2. The van der Waals surface area contributed by atoms with Gasteiger partial charge >= 0.3 is 11.9 Å². The van der Waals surface area contributed by atoms with Crippen LogP contribution in [0.3, 0.4) is 0 Å². The molecule has 0 bridgehead atoms. The Hall–Kier alpha value is -1.95. The van der Waals surface area contributed by atoms with Gasteiger partial charge in [0.15, 0.2) is 6.61 Å². The molecule has 1 unspecified atom stereocenters. The smallest absolute Gasteiger partial charge is 0.344 e. The third-order valence-electron chi connectivity index (χ3n) is 3.73. The van der Waals surface area contributed by atoms with Crippen molar-refractivity contribution in [2.75, 3.05) is 13.2 Å². The van der Waals surface area contributed by atoms with E-state index in [1.807, 2.05) is 18.2 Å². The predicted octanol–water partition coefficient (Wildman–Crippen LogP) is 2.32. The van der Waals surface area contributed by atoms with E-state index in [4.69, 9.17) is 9.47 Å². The molecule has 0 saturated carbocycles. The maximum absolute atomic E-state index is 12.4. The van der Waals surface area contributed by atoms with Gasteiger partial charge in [-0.1, -0.05) is 12.5 Å². The largest absolute Gasteiger partial charge is 0.457 e. The van der Waals surface area contributed by atoms with Gasteiger partial charge < -0.3 is 9.47 Å². The Labute approximate surface area is 143 Å². The minimum atomic E-state index is -0.584. The van der Waals surface area contributed by atoms with Crippen molar-refractivity contribution in [1.29, 1.82) is 0 Å². The molecule has 2 rings (SSSR count). The van der Waals surface area contributed by atoms with Crippen molar-refractivity contribution in [3.05, 3.63) is 30.1 Å². The van der Waals surface area contributed by atoms with Crippen LogP contribution in [-0.2, 0) is 25.6 Å². The minimum Gasteiger partial charge on any atom is -0.457 e. The second-order valence-corrected chi connectivity index (χ2v) is 7.00. The van der Waals surface area contributed by atoms with Gasteiger partial charge in [-0.05, 0) is 52.3 Å². The van der Waals surface area contributed by atoms with E-state index in [2.05, 4.69) is 9.88 Å². The van der Waals surface area contributed by atoms with Crippen LogP contribution in [0.15, 0.2) is 24.4 Å². The van der Waals surface area contributed by atoms with Crippen molar-refractivity contribution >= 4 is 11.9 Å². The zero-order valence-electron chi connectivity index (χ0n) is 14.7. The van der Waals surface area contributed by atoms with E-state index >= 15 is 0 Å². The Bertz CT molecular complexity index is 554. The lowest BCUT2D eigenvalue weighted by Crippen LogP contribution is -2.45. The number of likely N-dealkylation sites (tertiary alicyclic amines) is 1. The first kappa shape index (κ1) is 18.4. The van der Waals surface area contributed by atoms with Gasteiger partial charge in [-0.3, -0.25) is 14.7 Å². The van der Waals surface area contributed by atoms with Crippen LogP contribution in [0.2, 0.25) is 0 Å². The lowest BCUT2D eigenvalue weighted by atomic mass is 10.0. The molecule has 1 aliphatic rings. The van der Waals surface area contributed by atoms with E-state index in [0.29, 0.717) is 6.54 Å². The number of ether oxygens (including phenoxy) is 2. The van der Waals surface area contributed by atoms with Crippen molar-refractivity contribution < 1.29 is 19.1 Å². The summed E-state index contributed by atoms with van der Waals surface area (Å²) in [5.74, 6) is -0.889. The Morgan fingerprint density at radius 2 is 2.08 bits per heavy atom. The van der Waals surface area contributed by atoms with E-state index in [-0.39, 0.29) is 18.6 Å². The topological polar surface area (TPSA) is 68.7 Å². The SMILES string of the molecule is CC(C)(C)OC(=O)COC(=O)C1CCCCN1Cc1ccccn1. The Kier molecular flexibility index (Phi) is 6.31. The zero-order valence-corrected chi connectivity index (χ0v) is 14.7. The van der Waals surface area contributed by atoms with Crippen molar-refractivity contribution in [3.63, 3.8) is 0 Å². The molecule has 2 heterocycles. The van der Waals surface area contributed by atoms with Crippen LogP contribution < -0.4 is 0 Å². The molecule has 0 N–H and O–H groups in total. The third-order valence-corrected chi connectivity index (χ3v) is 3.73. The van der Waals surface area contributed by atoms with Crippen molar-refractivity contribution in [3.8, 4) is 0 Å². The van der Waals surface area contributed by atoms with Gasteiger partial charge in [-0.15, -0.1) is 0 Å². The van der Waals surface area contributed by atoms with E-state index < -0.39 is 11.6 Å². The van der Waals surface area contributed by atoms with Gasteiger partial charge in [0.2, 0.25) is 0 Å². The highest BCUT2D eigenvalue weighted by Crippen LogP contribution is 2.20. The molecule has 1 aliphatic heterocycles. The highest BCUT2D eigenvalue weighted by Gasteiger charge is 2.31. The monoisotopic (exact) mass is 334 g/mol. The molecule has 0 aliphatic carbocycles. The second kappa shape index (κ2) is 8.24. The predicted molar refractivity (Wildman–Crippen MR) is 89.1 cm³/mol. The quantitative estimate of drug-likeness (QED) is 0.770. The van der Waals surface area contributed by atoms with Crippen LogP contribution in [0.5, 0.6) is 0 Å². The summed E-state index contributed by atoms with van der Waals surface area (Å²) >= 11 is 0. The van der Waals surface area contributed by atoms with Gasteiger partial charge in [-0.25, -0.2) is 4.79 Å². The fourth-order valence-corrected chi connectivity index (χ4v) is 2.74. The highest BCUT2D eigenvalue weighted by atomic mass is 16.6. The molecule has 0 spiro atoms. The first-order valence-corrected chi connectivity index (χ1v) is 8.37. The van der Waals surface area contributed by atoms with Crippen LogP contribution in [-0.4, -0.2) is 46.6 Å². The molecule has 1 atom stereocenters. The number of piperidine rings is 1. The summed E-state index contributed by atoms with van der Waals surface area (Å²) in [6.45, 7) is 6.42. The van der Waals surface area contributed by atoms with Crippen LogP contribution in [0, 0.1) is 0 Å². The number of nitrogens with zero attached hydrogens (tertiary/aromatic N) is 2. The summed E-state index contributed by atoms with van der Waals surface area (Å²) in [6, 6.07) is 5.41. The Morgan fingerprint density at radius 3 is 2.75 bits per heavy atom. The molecule has 1 saturated heterocycles. The van der Waals surface area contributed by atoms with Gasteiger partial charge in [0.25, 0.3) is 0 Å². The van der Waals surface area contributed by atoms with Crippen LogP contribution >= 0.6 is 0 Å². The van der Waals surface area contributed by atoms with E-state index in [1.165, 1.54) is 0 Å². The second-order valence-electron chi connectivity index (χ2n) is 7.00. The van der Waals surface area contributed by atoms with Gasteiger partial charge in [0, 0.05) is 12.7 Å². The summed E-state index contributed by atoms with van der Waals surface area (Å²) in [5, 5.41) is 0. The molecule has 0 amide bonds. The van der Waals surface area contributed by atoms with Crippen molar-refractivity contribution in [2.24, 2.45) is 0 Å². The molecular formula is C18H26N2O4. The van der Waals surface area contributed by atoms with Crippen LogP contribution in [0.25, 0.3) is 0 Å². The summed E-state index contributed by atoms with van der Waals surface area (Å²) in [5.41, 5.74) is 0.337. The maximum Gasteiger partial charge on any atom is 0.344 e. The van der Waals surface area contributed by atoms with Crippen LogP contribution in [0.1, 0.15) is 45.7 Å². The Balaban J connectivity index is 1.89. The fourth-order valence-electron chi connectivity index (χ4n) is 2.74. The van der Waals surface area contributed by atoms with E-state index in [9.17, 15) is 9.59 Å². The number of hydrogen-bond acceptors (Lipinski definition) is 6. The van der Waals surface area contributed by atoms with Crippen molar-refractivity contribution in [1.82, 2.24) is 9.88 Å². The summed E-state index contributed by atoms with van der Waals surface area (Å²) in [6.07, 6.45) is 4.50.